The predicted octanol–water partition coefficient (Wildman–Crippen LogP) is 2.82. The molecular formula is C20H26N2O3. The Balaban J connectivity index is 2.02. The Kier molecular flexibility index (Phi) is 6.53. The topological polar surface area (TPSA) is 81.4 Å². The number of ether oxygens (including phenoxy) is 1. The number of carbonyl (C=O) groups excluding carboxylic acids is 2. The Morgan fingerprint density at radius 2 is 2.00 bits per heavy atom. The van der Waals surface area contributed by atoms with Crippen molar-refractivity contribution in [1.82, 2.24) is 5.32 Å². The summed E-state index contributed by atoms with van der Waals surface area (Å²) in [6.07, 6.45) is 0.456. The van der Waals surface area contributed by atoms with Crippen LogP contribution in [0, 0.1) is 6.92 Å². The second kappa shape index (κ2) is 8.62. The van der Waals surface area contributed by atoms with Gasteiger partial charge in [0, 0.05) is 13.3 Å². The van der Waals surface area contributed by atoms with Gasteiger partial charge in [-0.25, -0.2) is 0 Å². The summed E-state index contributed by atoms with van der Waals surface area (Å²) < 4.78 is 5.94. The van der Waals surface area contributed by atoms with E-state index in [4.69, 9.17) is 10.5 Å². The van der Waals surface area contributed by atoms with E-state index in [-0.39, 0.29) is 30.4 Å². The quantitative estimate of drug-likeness (QED) is 0.774. The fourth-order valence-corrected chi connectivity index (χ4v) is 2.91. The van der Waals surface area contributed by atoms with Crippen molar-refractivity contribution in [2.45, 2.75) is 52.4 Å². The van der Waals surface area contributed by atoms with Crippen LogP contribution in [0.25, 0.3) is 10.8 Å². The molecule has 0 radical (unpaired) electrons. The maximum atomic E-state index is 11.4. The molecule has 0 heterocycles. The van der Waals surface area contributed by atoms with Gasteiger partial charge in [0.1, 0.15) is 0 Å². The first-order chi connectivity index (χ1) is 11.9. The number of nitrogens with two attached hydrogens (primary N) is 1. The van der Waals surface area contributed by atoms with Gasteiger partial charge in [0.2, 0.25) is 11.8 Å². The maximum Gasteiger partial charge on any atom is 0.217 e. The number of primary amides is 1. The molecular weight excluding hydrogens is 316 g/mol. The van der Waals surface area contributed by atoms with Gasteiger partial charge in [0.25, 0.3) is 0 Å². The summed E-state index contributed by atoms with van der Waals surface area (Å²) in [4.78, 5) is 22.4. The number of amides is 2. The maximum absolute atomic E-state index is 11.4. The van der Waals surface area contributed by atoms with Crippen molar-refractivity contribution in [3.63, 3.8) is 0 Å². The second-order valence-corrected chi connectivity index (χ2v) is 6.46. The molecule has 0 aliphatic heterocycles. The molecule has 2 rings (SSSR count). The van der Waals surface area contributed by atoms with Gasteiger partial charge >= 0.3 is 0 Å². The summed E-state index contributed by atoms with van der Waals surface area (Å²) >= 11 is 0. The SMILES string of the molecule is CC(=O)N[C@@H](CCC(N)=O)[C@@H](C)OCc1ccc2c(C)cccc2c1. The average Bonchev–Trinajstić information content (AvgIpc) is 2.56. The highest BCUT2D eigenvalue weighted by Crippen LogP contribution is 2.20. The van der Waals surface area contributed by atoms with Crippen LogP contribution in [0.2, 0.25) is 0 Å². The highest BCUT2D eigenvalue weighted by molar-refractivity contribution is 5.86. The lowest BCUT2D eigenvalue weighted by molar-refractivity contribution is -0.122. The van der Waals surface area contributed by atoms with Crippen molar-refractivity contribution in [3.05, 3.63) is 47.5 Å². The normalized spacial score (nSPS) is 13.4. The Morgan fingerprint density at radius 1 is 1.24 bits per heavy atom. The van der Waals surface area contributed by atoms with Crippen LogP contribution >= 0.6 is 0 Å². The van der Waals surface area contributed by atoms with E-state index in [0.29, 0.717) is 13.0 Å². The standard InChI is InChI=1S/C20H26N2O3/c1-13-5-4-6-17-11-16(7-8-18(13)17)12-25-14(2)19(22-15(3)23)9-10-20(21)24/h4-8,11,14,19H,9-10,12H2,1-3H3,(H2,21,24)(H,22,23)/t14-,19+/m1/s1. The van der Waals surface area contributed by atoms with Crippen molar-refractivity contribution in [2.24, 2.45) is 5.73 Å². The molecule has 0 saturated heterocycles. The molecule has 0 spiro atoms. The van der Waals surface area contributed by atoms with Crippen LogP contribution in [0.15, 0.2) is 36.4 Å². The van der Waals surface area contributed by atoms with Crippen molar-refractivity contribution in [3.8, 4) is 0 Å². The van der Waals surface area contributed by atoms with Gasteiger partial charge in [-0.05, 0) is 48.2 Å². The summed E-state index contributed by atoms with van der Waals surface area (Å²) in [6.45, 7) is 5.89. The highest BCUT2D eigenvalue weighted by atomic mass is 16.5. The van der Waals surface area contributed by atoms with Crippen LogP contribution in [0.3, 0.4) is 0 Å². The van der Waals surface area contributed by atoms with E-state index in [0.717, 1.165) is 5.56 Å². The number of nitrogens with one attached hydrogen (secondary N) is 1. The Hall–Kier alpha value is -2.40. The molecule has 0 aliphatic carbocycles. The van der Waals surface area contributed by atoms with Gasteiger partial charge in [0.15, 0.2) is 0 Å². The molecule has 0 bridgehead atoms. The van der Waals surface area contributed by atoms with Gasteiger partial charge in [-0.3, -0.25) is 9.59 Å². The molecule has 0 aliphatic rings. The predicted molar refractivity (Wildman–Crippen MR) is 99.0 cm³/mol. The van der Waals surface area contributed by atoms with E-state index in [9.17, 15) is 9.59 Å². The number of benzene rings is 2. The molecule has 0 aromatic heterocycles. The van der Waals surface area contributed by atoms with Gasteiger partial charge in [-0.2, -0.15) is 0 Å². The largest absolute Gasteiger partial charge is 0.372 e. The molecule has 0 unspecified atom stereocenters. The van der Waals surface area contributed by atoms with E-state index < -0.39 is 0 Å². The van der Waals surface area contributed by atoms with Crippen LogP contribution in [-0.4, -0.2) is 24.0 Å². The zero-order valence-corrected chi connectivity index (χ0v) is 15.0. The van der Waals surface area contributed by atoms with Crippen molar-refractivity contribution >= 4 is 22.6 Å². The van der Waals surface area contributed by atoms with Gasteiger partial charge < -0.3 is 15.8 Å². The van der Waals surface area contributed by atoms with E-state index >= 15 is 0 Å². The number of hydrogen-bond donors (Lipinski definition) is 2. The van der Waals surface area contributed by atoms with Crippen molar-refractivity contribution < 1.29 is 14.3 Å². The van der Waals surface area contributed by atoms with E-state index in [1.54, 1.807) is 0 Å². The molecule has 2 aromatic rings. The van der Waals surface area contributed by atoms with Gasteiger partial charge in [-0.1, -0.05) is 30.3 Å². The highest BCUT2D eigenvalue weighted by Gasteiger charge is 2.19. The van der Waals surface area contributed by atoms with Crippen molar-refractivity contribution in [1.29, 1.82) is 0 Å². The van der Waals surface area contributed by atoms with E-state index in [1.807, 2.05) is 13.0 Å². The first kappa shape index (κ1) is 18.9. The molecule has 5 heteroatoms. The zero-order valence-electron chi connectivity index (χ0n) is 15.0. The van der Waals surface area contributed by atoms with Crippen molar-refractivity contribution in [2.75, 3.05) is 0 Å². The van der Waals surface area contributed by atoms with Crippen LogP contribution in [0.4, 0.5) is 0 Å². The fourth-order valence-electron chi connectivity index (χ4n) is 2.91. The minimum absolute atomic E-state index is 0.147. The third-order valence-corrected chi connectivity index (χ3v) is 4.33. The lowest BCUT2D eigenvalue weighted by atomic mass is 10.0. The molecule has 2 aromatic carbocycles. The Labute approximate surface area is 148 Å². The van der Waals surface area contributed by atoms with E-state index in [2.05, 4.69) is 42.6 Å². The number of fused-ring (bicyclic) bond motifs is 1. The molecule has 0 saturated carbocycles. The van der Waals surface area contributed by atoms with Gasteiger partial charge in [0.05, 0.1) is 18.8 Å². The second-order valence-electron chi connectivity index (χ2n) is 6.46. The summed E-state index contributed by atoms with van der Waals surface area (Å²) in [5, 5.41) is 5.25. The number of aryl methyl sites for hydroxylation is 1. The lowest BCUT2D eigenvalue weighted by Crippen LogP contribution is -2.42. The molecule has 0 fully saturated rings. The molecule has 134 valence electrons. The lowest BCUT2D eigenvalue weighted by Gasteiger charge is -2.24. The van der Waals surface area contributed by atoms with Gasteiger partial charge in [-0.15, -0.1) is 0 Å². The summed E-state index contributed by atoms with van der Waals surface area (Å²) in [5.74, 6) is -0.529. The first-order valence-corrected chi connectivity index (χ1v) is 8.52. The van der Waals surface area contributed by atoms with Crippen LogP contribution < -0.4 is 11.1 Å². The number of rotatable bonds is 8. The molecule has 5 nitrogen and oxygen atoms in total. The summed E-state index contributed by atoms with van der Waals surface area (Å²) in [6, 6.07) is 12.3. The Morgan fingerprint density at radius 3 is 2.68 bits per heavy atom. The third-order valence-electron chi connectivity index (χ3n) is 4.33. The van der Waals surface area contributed by atoms with Crippen LogP contribution in [0.5, 0.6) is 0 Å². The molecule has 2 atom stereocenters. The molecule has 2 amide bonds. The smallest absolute Gasteiger partial charge is 0.217 e. The minimum Gasteiger partial charge on any atom is -0.372 e. The molecule has 3 N–H and O–H groups in total. The summed E-state index contributed by atoms with van der Waals surface area (Å²) in [5.41, 5.74) is 7.53. The minimum atomic E-state index is -0.382. The van der Waals surface area contributed by atoms with Crippen LogP contribution in [-0.2, 0) is 20.9 Å². The summed E-state index contributed by atoms with van der Waals surface area (Å²) in [7, 11) is 0. The average molecular weight is 342 g/mol. The number of carbonyl (C=O) groups is 2. The number of hydrogen-bond acceptors (Lipinski definition) is 3. The van der Waals surface area contributed by atoms with Crippen LogP contribution in [0.1, 0.15) is 37.8 Å². The molecule has 25 heavy (non-hydrogen) atoms. The zero-order chi connectivity index (χ0) is 18.4. The van der Waals surface area contributed by atoms with E-state index in [1.165, 1.54) is 23.3 Å². The first-order valence-electron chi connectivity index (χ1n) is 8.52. The fraction of sp³-hybridized carbons (Fsp3) is 0.400. The third kappa shape index (κ3) is 5.57. The Bertz CT molecular complexity index is 758. The monoisotopic (exact) mass is 342 g/mol.